The number of aromatic amines is 1. The molecule has 0 atom stereocenters. The topological polar surface area (TPSA) is 59.2 Å². The molecule has 12 heavy (non-hydrogen) atoms. The third kappa shape index (κ3) is 1.55. The SMILES string of the molecule is COC(=O)c1[nH]c(C=O)cc1Br. The summed E-state index contributed by atoms with van der Waals surface area (Å²) in [5.41, 5.74) is 0.585. The first kappa shape index (κ1) is 8.99. The first-order valence-corrected chi connectivity index (χ1v) is 3.90. The molecule has 4 nitrogen and oxygen atoms in total. The molecule has 0 aliphatic carbocycles. The van der Waals surface area contributed by atoms with Crippen LogP contribution >= 0.6 is 15.9 Å². The highest BCUT2D eigenvalue weighted by atomic mass is 79.9. The minimum absolute atomic E-state index is 0.250. The van der Waals surface area contributed by atoms with Gasteiger partial charge in [-0.25, -0.2) is 4.79 Å². The van der Waals surface area contributed by atoms with Crippen molar-refractivity contribution in [3.05, 3.63) is 21.9 Å². The van der Waals surface area contributed by atoms with E-state index in [9.17, 15) is 9.59 Å². The fourth-order valence-electron chi connectivity index (χ4n) is 0.763. The molecule has 0 bridgehead atoms. The summed E-state index contributed by atoms with van der Waals surface area (Å²) < 4.78 is 4.98. The molecule has 0 fully saturated rings. The molecule has 0 aromatic carbocycles. The van der Waals surface area contributed by atoms with Crippen LogP contribution in [0.2, 0.25) is 0 Å². The Balaban J connectivity index is 3.07. The van der Waals surface area contributed by atoms with Crippen molar-refractivity contribution < 1.29 is 14.3 Å². The molecule has 5 heteroatoms. The number of rotatable bonds is 2. The second kappa shape index (κ2) is 3.53. The maximum absolute atomic E-state index is 11.0. The Morgan fingerprint density at radius 2 is 2.42 bits per heavy atom. The van der Waals surface area contributed by atoms with E-state index in [0.29, 0.717) is 16.5 Å². The number of aldehydes is 1. The first-order valence-electron chi connectivity index (χ1n) is 3.11. The minimum Gasteiger partial charge on any atom is -0.464 e. The summed E-state index contributed by atoms with van der Waals surface area (Å²) in [4.78, 5) is 23.8. The van der Waals surface area contributed by atoms with Crippen LogP contribution in [0.15, 0.2) is 10.5 Å². The van der Waals surface area contributed by atoms with Gasteiger partial charge in [-0.05, 0) is 22.0 Å². The van der Waals surface area contributed by atoms with Crippen LogP contribution in [0.4, 0.5) is 0 Å². The zero-order valence-corrected chi connectivity index (χ0v) is 7.84. The van der Waals surface area contributed by atoms with E-state index in [1.807, 2.05) is 0 Å². The van der Waals surface area contributed by atoms with Gasteiger partial charge in [0.25, 0.3) is 0 Å². The minimum atomic E-state index is -0.505. The van der Waals surface area contributed by atoms with Gasteiger partial charge in [-0.2, -0.15) is 0 Å². The van der Waals surface area contributed by atoms with E-state index in [0.717, 1.165) is 0 Å². The lowest BCUT2D eigenvalue weighted by atomic mass is 10.4. The Hall–Kier alpha value is -1.10. The van der Waals surface area contributed by atoms with Gasteiger partial charge in [0.15, 0.2) is 6.29 Å². The normalized spacial score (nSPS) is 9.50. The Kier molecular flexibility index (Phi) is 2.65. The van der Waals surface area contributed by atoms with Crippen molar-refractivity contribution in [2.45, 2.75) is 0 Å². The molecule has 1 heterocycles. The van der Waals surface area contributed by atoms with E-state index in [2.05, 4.69) is 25.7 Å². The molecular weight excluding hydrogens is 226 g/mol. The zero-order valence-electron chi connectivity index (χ0n) is 6.26. The average molecular weight is 232 g/mol. The van der Waals surface area contributed by atoms with Crippen molar-refractivity contribution in [2.24, 2.45) is 0 Å². The monoisotopic (exact) mass is 231 g/mol. The van der Waals surface area contributed by atoms with Crippen LogP contribution in [0.25, 0.3) is 0 Å². The molecule has 1 rings (SSSR count). The number of halogens is 1. The third-order valence-corrected chi connectivity index (χ3v) is 1.93. The van der Waals surface area contributed by atoms with Crippen LogP contribution < -0.4 is 0 Å². The number of carbonyl (C=O) groups is 2. The number of H-pyrrole nitrogens is 1. The molecule has 64 valence electrons. The maximum atomic E-state index is 11.0. The smallest absolute Gasteiger partial charge is 0.355 e. The summed E-state index contributed by atoms with van der Waals surface area (Å²) >= 11 is 3.11. The molecular formula is C7H6BrNO3. The Labute approximate surface area is 77.0 Å². The average Bonchev–Trinajstić information content (AvgIpc) is 2.45. The lowest BCUT2D eigenvalue weighted by molar-refractivity contribution is 0.0594. The van der Waals surface area contributed by atoms with E-state index >= 15 is 0 Å². The maximum Gasteiger partial charge on any atom is 0.355 e. The van der Waals surface area contributed by atoms with Gasteiger partial charge in [0.2, 0.25) is 0 Å². The van der Waals surface area contributed by atoms with Gasteiger partial charge in [-0.1, -0.05) is 0 Å². The van der Waals surface area contributed by atoms with Gasteiger partial charge in [0.05, 0.1) is 17.3 Å². The van der Waals surface area contributed by atoms with Crippen molar-refractivity contribution >= 4 is 28.2 Å². The van der Waals surface area contributed by atoms with Crippen LogP contribution in [0, 0.1) is 0 Å². The standard InChI is InChI=1S/C7H6BrNO3/c1-12-7(11)6-5(8)2-4(3-10)9-6/h2-3,9H,1H3. The van der Waals surface area contributed by atoms with Gasteiger partial charge in [0.1, 0.15) is 5.69 Å². The van der Waals surface area contributed by atoms with Crippen molar-refractivity contribution in [3.8, 4) is 0 Å². The largest absolute Gasteiger partial charge is 0.464 e. The summed E-state index contributed by atoms with van der Waals surface area (Å²) in [6.45, 7) is 0. The lowest BCUT2D eigenvalue weighted by Crippen LogP contribution is -2.02. The molecule has 0 aliphatic heterocycles. The van der Waals surface area contributed by atoms with Crippen LogP contribution in [0.1, 0.15) is 21.0 Å². The molecule has 0 amide bonds. The van der Waals surface area contributed by atoms with E-state index in [1.54, 1.807) is 0 Å². The van der Waals surface area contributed by atoms with Crippen molar-refractivity contribution in [1.82, 2.24) is 4.98 Å². The van der Waals surface area contributed by atoms with Gasteiger partial charge in [0, 0.05) is 0 Å². The van der Waals surface area contributed by atoms with Crippen LogP contribution in [-0.2, 0) is 4.74 Å². The number of methoxy groups -OCH3 is 1. The van der Waals surface area contributed by atoms with E-state index in [-0.39, 0.29) is 5.69 Å². The summed E-state index contributed by atoms with van der Waals surface area (Å²) in [6.07, 6.45) is 0.622. The molecule has 0 spiro atoms. The Morgan fingerprint density at radius 1 is 1.75 bits per heavy atom. The predicted octanol–water partition coefficient (Wildman–Crippen LogP) is 1.38. The van der Waals surface area contributed by atoms with Gasteiger partial charge in [-0.3, -0.25) is 4.79 Å². The number of esters is 1. The number of carbonyl (C=O) groups excluding carboxylic acids is 2. The second-order valence-corrected chi connectivity index (χ2v) is 2.91. The first-order chi connectivity index (χ1) is 5.69. The van der Waals surface area contributed by atoms with Crippen molar-refractivity contribution in [2.75, 3.05) is 7.11 Å². The number of ether oxygens (including phenoxy) is 1. The van der Waals surface area contributed by atoms with E-state index < -0.39 is 5.97 Å². The molecule has 0 saturated heterocycles. The molecule has 1 aromatic rings. The highest BCUT2D eigenvalue weighted by molar-refractivity contribution is 9.10. The van der Waals surface area contributed by atoms with Crippen molar-refractivity contribution in [3.63, 3.8) is 0 Å². The van der Waals surface area contributed by atoms with Gasteiger partial charge in [-0.15, -0.1) is 0 Å². The highest BCUT2D eigenvalue weighted by Gasteiger charge is 2.13. The van der Waals surface area contributed by atoms with Gasteiger partial charge < -0.3 is 9.72 Å². The fourth-order valence-corrected chi connectivity index (χ4v) is 1.27. The van der Waals surface area contributed by atoms with E-state index in [1.165, 1.54) is 13.2 Å². The Bertz CT molecular complexity index is 318. The predicted molar refractivity (Wildman–Crippen MR) is 45.2 cm³/mol. The molecule has 0 saturated carbocycles. The second-order valence-electron chi connectivity index (χ2n) is 2.06. The highest BCUT2D eigenvalue weighted by Crippen LogP contribution is 2.17. The number of nitrogens with one attached hydrogen (secondary N) is 1. The van der Waals surface area contributed by atoms with Crippen LogP contribution in [-0.4, -0.2) is 24.3 Å². The lowest BCUT2D eigenvalue weighted by Gasteiger charge is -1.94. The summed E-state index contributed by atoms with van der Waals surface area (Å²) in [7, 11) is 1.27. The van der Waals surface area contributed by atoms with Gasteiger partial charge >= 0.3 is 5.97 Å². The zero-order chi connectivity index (χ0) is 9.14. The summed E-state index contributed by atoms with van der Waals surface area (Å²) in [6, 6.07) is 1.51. The molecule has 1 aromatic heterocycles. The summed E-state index contributed by atoms with van der Waals surface area (Å²) in [5.74, 6) is -0.505. The number of aromatic nitrogens is 1. The fraction of sp³-hybridized carbons (Fsp3) is 0.143. The molecule has 0 aliphatic rings. The third-order valence-electron chi connectivity index (χ3n) is 1.31. The van der Waals surface area contributed by atoms with Crippen LogP contribution in [0.3, 0.4) is 0 Å². The Morgan fingerprint density at radius 3 is 2.83 bits per heavy atom. The van der Waals surface area contributed by atoms with Crippen molar-refractivity contribution in [1.29, 1.82) is 0 Å². The number of hydrogen-bond donors (Lipinski definition) is 1. The summed E-state index contributed by atoms with van der Waals surface area (Å²) in [5, 5.41) is 0. The molecule has 1 N–H and O–H groups in total. The van der Waals surface area contributed by atoms with Crippen LogP contribution in [0.5, 0.6) is 0 Å². The number of hydrogen-bond acceptors (Lipinski definition) is 3. The van der Waals surface area contributed by atoms with E-state index in [4.69, 9.17) is 0 Å². The molecule has 0 unspecified atom stereocenters. The molecule has 0 radical (unpaired) electrons. The quantitative estimate of drug-likeness (QED) is 0.618.